The number of nitrogens with one attached hydrogen (secondary N) is 4. The number of halogens is 2. The molecule has 1 fully saturated rings. The van der Waals surface area contributed by atoms with Crippen LogP contribution in [0.2, 0.25) is 10.0 Å². The number of hydrogen-bond donors (Lipinski definition) is 4. The van der Waals surface area contributed by atoms with Gasteiger partial charge in [-0.3, -0.25) is 14.4 Å². The van der Waals surface area contributed by atoms with Gasteiger partial charge in [-0.25, -0.2) is 4.98 Å². The minimum absolute atomic E-state index is 0.152. The molecule has 11 nitrogen and oxygen atoms in total. The summed E-state index contributed by atoms with van der Waals surface area (Å²) < 4.78 is 5.79. The number of rotatable bonds is 9. The molecule has 0 unspecified atom stereocenters. The maximum absolute atomic E-state index is 13.2. The fourth-order valence-electron chi connectivity index (χ4n) is 5.04. The highest BCUT2D eigenvalue weighted by atomic mass is 35.5. The Bertz CT molecular complexity index is 1850. The number of anilines is 2. The lowest BCUT2D eigenvalue weighted by atomic mass is 10.1. The Labute approximate surface area is 276 Å². The van der Waals surface area contributed by atoms with E-state index in [9.17, 15) is 14.4 Å². The van der Waals surface area contributed by atoms with Crippen LogP contribution >= 0.6 is 23.2 Å². The van der Waals surface area contributed by atoms with Crippen molar-refractivity contribution in [3.05, 3.63) is 104 Å². The van der Waals surface area contributed by atoms with Crippen LogP contribution < -0.4 is 26.4 Å². The third kappa shape index (κ3) is 8.35. The molecule has 0 radical (unpaired) electrons. The summed E-state index contributed by atoms with van der Waals surface area (Å²) in [7, 11) is 0. The summed E-state index contributed by atoms with van der Waals surface area (Å²) in [5.41, 5.74) is 0.506. The number of benzene rings is 2. The van der Waals surface area contributed by atoms with Crippen molar-refractivity contribution in [2.24, 2.45) is 0 Å². The van der Waals surface area contributed by atoms with Crippen LogP contribution in [0.15, 0.2) is 72.0 Å². The third-order valence-electron chi connectivity index (χ3n) is 7.22. The second-order valence-electron chi connectivity index (χ2n) is 12.0. The Balaban J connectivity index is 1.23. The maximum Gasteiger partial charge on any atom is 0.262 e. The monoisotopic (exact) mass is 663 g/mol. The van der Waals surface area contributed by atoms with Gasteiger partial charge >= 0.3 is 0 Å². The summed E-state index contributed by atoms with van der Waals surface area (Å²) in [6.45, 7) is 11.6. The highest BCUT2D eigenvalue weighted by Gasteiger charge is 2.23. The molecule has 240 valence electrons. The zero-order valence-electron chi connectivity index (χ0n) is 25.7. The molecule has 3 heterocycles. The van der Waals surface area contributed by atoms with Gasteiger partial charge in [-0.1, -0.05) is 35.3 Å². The summed E-state index contributed by atoms with van der Waals surface area (Å²) in [6.07, 6.45) is 3.24. The first kappa shape index (κ1) is 32.8. The van der Waals surface area contributed by atoms with Gasteiger partial charge in [-0.15, -0.1) is 0 Å². The topological polar surface area (TPSA) is 141 Å². The molecule has 46 heavy (non-hydrogen) atoms. The first-order chi connectivity index (χ1) is 21.8. The summed E-state index contributed by atoms with van der Waals surface area (Å²) in [4.78, 5) is 52.7. The van der Waals surface area contributed by atoms with Crippen molar-refractivity contribution < 1.29 is 14.3 Å². The molecule has 0 bridgehead atoms. The lowest BCUT2D eigenvalue weighted by Gasteiger charge is -2.34. The predicted molar refractivity (Wildman–Crippen MR) is 181 cm³/mol. The molecule has 1 aliphatic rings. The summed E-state index contributed by atoms with van der Waals surface area (Å²) in [6, 6.07) is 13.3. The van der Waals surface area contributed by atoms with Crippen molar-refractivity contribution in [2.75, 3.05) is 23.3 Å². The molecule has 0 saturated carbocycles. The van der Waals surface area contributed by atoms with Gasteiger partial charge in [0.2, 0.25) is 5.95 Å². The van der Waals surface area contributed by atoms with E-state index in [2.05, 4.69) is 37.5 Å². The van der Waals surface area contributed by atoms with Crippen molar-refractivity contribution in [1.29, 1.82) is 0 Å². The smallest absolute Gasteiger partial charge is 0.262 e. The molecule has 2 amide bonds. The SMILES string of the molecule is C=C(NC1CCN(c2ncc3cc(C(=O)Nc4cc(C(=O)NCc5cccc(Cl)c5)ccc4Cl)c(=O)[nH]c3n2)CC1)OC(C)(C)C. The Kier molecular flexibility index (Phi) is 9.83. The van der Waals surface area contributed by atoms with E-state index in [1.807, 2.05) is 31.7 Å². The van der Waals surface area contributed by atoms with E-state index in [0.717, 1.165) is 18.4 Å². The van der Waals surface area contributed by atoms with Crippen LogP contribution in [0.5, 0.6) is 0 Å². The molecule has 0 atom stereocenters. The molecular weight excluding hydrogens is 629 g/mol. The molecule has 13 heteroatoms. The van der Waals surface area contributed by atoms with Gasteiger partial charge in [0.05, 0.1) is 10.7 Å². The number of amides is 2. The molecule has 2 aromatic carbocycles. The van der Waals surface area contributed by atoms with Crippen molar-refractivity contribution in [3.63, 3.8) is 0 Å². The van der Waals surface area contributed by atoms with Gasteiger partial charge in [0, 0.05) is 47.8 Å². The van der Waals surface area contributed by atoms with Gasteiger partial charge in [0.1, 0.15) is 16.8 Å². The Morgan fingerprint density at radius 1 is 1.09 bits per heavy atom. The van der Waals surface area contributed by atoms with Gasteiger partial charge < -0.3 is 30.6 Å². The zero-order valence-corrected chi connectivity index (χ0v) is 27.3. The number of aromatic amines is 1. The predicted octanol–water partition coefficient (Wildman–Crippen LogP) is 5.65. The van der Waals surface area contributed by atoms with E-state index in [0.29, 0.717) is 41.0 Å². The molecule has 2 aromatic heterocycles. The fourth-order valence-corrected chi connectivity index (χ4v) is 5.42. The minimum atomic E-state index is -0.697. The van der Waals surface area contributed by atoms with E-state index in [1.165, 1.54) is 18.2 Å². The van der Waals surface area contributed by atoms with E-state index in [4.69, 9.17) is 27.9 Å². The Morgan fingerprint density at radius 2 is 1.85 bits per heavy atom. The maximum atomic E-state index is 13.2. The summed E-state index contributed by atoms with van der Waals surface area (Å²) in [5.74, 6) is -0.0297. The van der Waals surface area contributed by atoms with Crippen LogP contribution in [0.3, 0.4) is 0 Å². The first-order valence-corrected chi connectivity index (χ1v) is 15.5. The van der Waals surface area contributed by atoms with E-state index in [-0.39, 0.29) is 45.9 Å². The standard InChI is InChI=1S/C33H35Cl2N7O4/c1-19(46-33(2,3)4)38-24-10-12-42(13-11-24)32-37-18-22-15-25(31(45)40-28(22)41-32)30(44)39-27-16-21(8-9-26(27)35)29(43)36-17-20-6-5-7-23(34)14-20/h5-9,14-16,18,24,38H,1,10-13,17H2,2-4H3,(H,36,43)(H,39,44)(H,37,40,41,45). The molecular formula is C33H35Cl2N7O4. The van der Waals surface area contributed by atoms with Crippen LogP contribution in [0.4, 0.5) is 11.6 Å². The highest BCUT2D eigenvalue weighted by molar-refractivity contribution is 6.34. The third-order valence-corrected chi connectivity index (χ3v) is 7.78. The van der Waals surface area contributed by atoms with E-state index >= 15 is 0 Å². The van der Waals surface area contributed by atoms with Gasteiger partial charge in [0.15, 0.2) is 5.88 Å². The van der Waals surface area contributed by atoms with Gasteiger partial charge in [-0.2, -0.15) is 4.98 Å². The van der Waals surface area contributed by atoms with Crippen molar-refractivity contribution in [1.82, 2.24) is 25.6 Å². The second kappa shape index (κ2) is 13.8. The zero-order chi connectivity index (χ0) is 33.0. The normalized spacial score (nSPS) is 13.7. The first-order valence-electron chi connectivity index (χ1n) is 14.8. The van der Waals surface area contributed by atoms with Crippen molar-refractivity contribution in [3.8, 4) is 0 Å². The fraction of sp³-hybridized carbons (Fsp3) is 0.303. The number of ether oxygens (including phenoxy) is 1. The quantitative estimate of drug-likeness (QED) is 0.168. The van der Waals surface area contributed by atoms with E-state index < -0.39 is 11.5 Å². The Morgan fingerprint density at radius 3 is 2.57 bits per heavy atom. The van der Waals surface area contributed by atoms with Crippen LogP contribution in [0, 0.1) is 0 Å². The number of pyridine rings is 1. The number of carbonyl (C=O) groups is 2. The van der Waals surface area contributed by atoms with Gasteiger partial charge in [0.25, 0.3) is 17.4 Å². The molecule has 0 spiro atoms. The molecule has 4 N–H and O–H groups in total. The number of hydrogen-bond acceptors (Lipinski definition) is 8. The van der Waals surface area contributed by atoms with Crippen molar-refractivity contribution >= 4 is 57.7 Å². The number of nitrogens with zero attached hydrogens (tertiary/aromatic N) is 3. The minimum Gasteiger partial charge on any atom is -0.474 e. The number of carbonyl (C=O) groups excluding carboxylic acids is 2. The molecule has 4 aromatic rings. The molecule has 5 rings (SSSR count). The number of aromatic nitrogens is 3. The van der Waals surface area contributed by atoms with Gasteiger partial charge in [-0.05, 0) is 82.2 Å². The van der Waals surface area contributed by atoms with E-state index in [1.54, 1.807) is 30.5 Å². The average Bonchev–Trinajstić information content (AvgIpc) is 2.99. The largest absolute Gasteiger partial charge is 0.474 e. The second-order valence-corrected chi connectivity index (χ2v) is 12.8. The average molecular weight is 665 g/mol. The number of H-pyrrole nitrogens is 1. The van der Waals surface area contributed by atoms with Crippen LogP contribution in [-0.2, 0) is 11.3 Å². The van der Waals surface area contributed by atoms with Crippen molar-refractivity contribution in [2.45, 2.75) is 51.8 Å². The summed E-state index contributed by atoms with van der Waals surface area (Å²) >= 11 is 12.3. The Hall–Kier alpha value is -4.61. The number of piperidine rings is 1. The highest BCUT2D eigenvalue weighted by Crippen LogP contribution is 2.25. The molecule has 1 saturated heterocycles. The van der Waals surface area contributed by atoms with Crippen LogP contribution in [0.1, 0.15) is 59.9 Å². The lowest BCUT2D eigenvalue weighted by Crippen LogP contribution is -2.43. The molecule has 1 aliphatic heterocycles. The summed E-state index contributed by atoms with van der Waals surface area (Å²) in [5, 5.41) is 10.1. The van der Waals surface area contributed by atoms with Crippen LogP contribution in [-0.4, -0.2) is 51.5 Å². The molecule has 0 aliphatic carbocycles. The number of fused-ring (bicyclic) bond motifs is 1. The van der Waals surface area contributed by atoms with Crippen LogP contribution in [0.25, 0.3) is 11.0 Å². The lowest BCUT2D eigenvalue weighted by molar-refractivity contribution is 0.0374.